The molecule has 0 aromatic carbocycles. The van der Waals surface area contributed by atoms with Gasteiger partial charge in [0.2, 0.25) is 0 Å². The van der Waals surface area contributed by atoms with Gasteiger partial charge in [0.25, 0.3) is 5.59 Å². The summed E-state index contributed by atoms with van der Waals surface area (Å²) in [7, 11) is -1.71. The molecular formula is C10H20O2Si. The van der Waals surface area contributed by atoms with Crippen LogP contribution < -0.4 is 0 Å². The minimum atomic E-state index is -1.71. The fourth-order valence-electron chi connectivity index (χ4n) is 1.51. The summed E-state index contributed by atoms with van der Waals surface area (Å²) in [4.78, 5) is 11.6. The lowest BCUT2D eigenvalue weighted by molar-refractivity contribution is 0.0934. The van der Waals surface area contributed by atoms with Crippen LogP contribution >= 0.6 is 0 Å². The highest BCUT2D eigenvalue weighted by atomic mass is 28.3. The van der Waals surface area contributed by atoms with E-state index in [2.05, 4.69) is 0 Å². The van der Waals surface area contributed by atoms with E-state index in [4.69, 9.17) is 4.74 Å². The zero-order valence-electron chi connectivity index (χ0n) is 8.93. The molecule has 1 aliphatic rings. The molecule has 0 unspecified atom stereocenters. The molecule has 0 aromatic rings. The Labute approximate surface area is 81.7 Å². The van der Waals surface area contributed by atoms with E-state index in [1.807, 2.05) is 19.6 Å². The van der Waals surface area contributed by atoms with Crippen LogP contribution in [-0.4, -0.2) is 19.8 Å². The molecule has 0 bridgehead atoms. The van der Waals surface area contributed by atoms with Crippen LogP contribution in [-0.2, 0) is 4.74 Å². The molecule has 0 spiro atoms. The summed E-state index contributed by atoms with van der Waals surface area (Å²) in [5, 5.41) is 0. The molecule has 3 heteroatoms. The van der Waals surface area contributed by atoms with Crippen molar-refractivity contribution in [1.82, 2.24) is 0 Å². The highest BCUT2D eigenvalue weighted by Crippen LogP contribution is 2.21. The average Bonchev–Trinajstić information content (AvgIpc) is 2.04. The molecule has 0 heterocycles. The van der Waals surface area contributed by atoms with Crippen LogP contribution in [0.15, 0.2) is 0 Å². The summed E-state index contributed by atoms with van der Waals surface area (Å²) in [5.74, 6) is 0. The molecule has 13 heavy (non-hydrogen) atoms. The second-order valence-corrected chi connectivity index (χ2v) is 9.82. The Hall–Kier alpha value is -0.313. The van der Waals surface area contributed by atoms with E-state index in [9.17, 15) is 4.79 Å². The van der Waals surface area contributed by atoms with Crippen molar-refractivity contribution in [2.75, 3.05) is 0 Å². The zero-order chi connectivity index (χ0) is 9.90. The van der Waals surface area contributed by atoms with Gasteiger partial charge in [-0.15, -0.1) is 0 Å². The Morgan fingerprint density at radius 3 is 2.15 bits per heavy atom. The molecule has 0 saturated heterocycles. The summed E-state index contributed by atoms with van der Waals surface area (Å²) in [6.45, 7) is 6.12. The van der Waals surface area contributed by atoms with Crippen LogP contribution in [0.4, 0.5) is 4.79 Å². The van der Waals surface area contributed by atoms with Gasteiger partial charge in [0.15, 0.2) is 8.07 Å². The highest BCUT2D eigenvalue weighted by molar-refractivity contribution is 7.02. The smallest absolute Gasteiger partial charge is 0.271 e. The molecule has 1 saturated carbocycles. The average molecular weight is 200 g/mol. The van der Waals surface area contributed by atoms with Crippen molar-refractivity contribution in [2.45, 2.75) is 57.8 Å². The van der Waals surface area contributed by atoms with Gasteiger partial charge >= 0.3 is 0 Å². The number of rotatable bonds is 2. The van der Waals surface area contributed by atoms with Crippen molar-refractivity contribution in [3.05, 3.63) is 0 Å². The van der Waals surface area contributed by atoms with Crippen molar-refractivity contribution in [3.8, 4) is 0 Å². The fourth-order valence-corrected chi connectivity index (χ4v) is 2.03. The largest absolute Gasteiger partial charge is 0.467 e. The highest BCUT2D eigenvalue weighted by Gasteiger charge is 2.29. The molecule has 0 aliphatic heterocycles. The van der Waals surface area contributed by atoms with Crippen molar-refractivity contribution in [2.24, 2.45) is 0 Å². The van der Waals surface area contributed by atoms with E-state index in [0.717, 1.165) is 12.8 Å². The van der Waals surface area contributed by atoms with Crippen molar-refractivity contribution < 1.29 is 9.53 Å². The molecule has 0 aromatic heterocycles. The molecule has 76 valence electrons. The van der Waals surface area contributed by atoms with Crippen LogP contribution in [0.5, 0.6) is 0 Å². The van der Waals surface area contributed by atoms with Gasteiger partial charge in [-0.1, -0.05) is 26.1 Å². The molecule has 1 fully saturated rings. The predicted molar refractivity (Wildman–Crippen MR) is 56.7 cm³/mol. The van der Waals surface area contributed by atoms with Gasteiger partial charge in [0.1, 0.15) is 6.10 Å². The molecule has 0 atom stereocenters. The minimum Gasteiger partial charge on any atom is -0.467 e. The normalized spacial score (nSPS) is 19.9. The third-order valence-electron chi connectivity index (χ3n) is 2.44. The first-order valence-corrected chi connectivity index (χ1v) is 8.71. The van der Waals surface area contributed by atoms with E-state index in [1.165, 1.54) is 19.3 Å². The molecule has 1 rings (SSSR count). The van der Waals surface area contributed by atoms with Crippen LogP contribution in [0, 0.1) is 0 Å². The number of carbonyl (C=O) groups excluding carboxylic acids is 1. The van der Waals surface area contributed by atoms with Gasteiger partial charge in [0.05, 0.1) is 0 Å². The summed E-state index contributed by atoms with van der Waals surface area (Å²) < 4.78 is 5.48. The summed E-state index contributed by atoms with van der Waals surface area (Å²) in [5.41, 5.74) is 0.0828. The van der Waals surface area contributed by atoms with Gasteiger partial charge in [-0.05, 0) is 25.7 Å². The topological polar surface area (TPSA) is 26.3 Å². The number of hydrogen-bond acceptors (Lipinski definition) is 2. The Balaban J connectivity index is 2.35. The first-order valence-electron chi connectivity index (χ1n) is 5.21. The number of hydrogen-bond donors (Lipinski definition) is 0. The monoisotopic (exact) mass is 200 g/mol. The maximum Gasteiger partial charge on any atom is 0.271 e. The van der Waals surface area contributed by atoms with Gasteiger partial charge in [-0.25, -0.2) is 0 Å². The Morgan fingerprint density at radius 1 is 1.15 bits per heavy atom. The Morgan fingerprint density at radius 2 is 1.69 bits per heavy atom. The van der Waals surface area contributed by atoms with Crippen LogP contribution in [0.25, 0.3) is 0 Å². The van der Waals surface area contributed by atoms with Gasteiger partial charge in [-0.2, -0.15) is 0 Å². The number of carbonyl (C=O) groups is 1. The lowest BCUT2D eigenvalue weighted by Gasteiger charge is -2.25. The first kappa shape index (κ1) is 10.8. The summed E-state index contributed by atoms with van der Waals surface area (Å²) in [6, 6.07) is 0. The van der Waals surface area contributed by atoms with Crippen molar-refractivity contribution >= 4 is 13.7 Å². The van der Waals surface area contributed by atoms with E-state index in [0.29, 0.717) is 0 Å². The summed E-state index contributed by atoms with van der Waals surface area (Å²) in [6.07, 6.45) is 6.15. The maximum absolute atomic E-state index is 11.6. The molecule has 0 radical (unpaired) electrons. The lowest BCUT2D eigenvalue weighted by Crippen LogP contribution is -2.37. The minimum absolute atomic E-state index is 0.0828. The van der Waals surface area contributed by atoms with E-state index >= 15 is 0 Å². The lowest BCUT2D eigenvalue weighted by atomic mass is 9.98. The van der Waals surface area contributed by atoms with Crippen LogP contribution in [0.2, 0.25) is 19.6 Å². The second kappa shape index (κ2) is 4.27. The number of ether oxygens (including phenoxy) is 1. The molecular weight excluding hydrogens is 180 g/mol. The van der Waals surface area contributed by atoms with E-state index in [1.54, 1.807) is 0 Å². The molecule has 2 nitrogen and oxygen atoms in total. The Bertz CT molecular complexity index is 178. The fraction of sp³-hybridized carbons (Fsp3) is 0.900. The van der Waals surface area contributed by atoms with Gasteiger partial charge < -0.3 is 4.74 Å². The third-order valence-corrected chi connectivity index (χ3v) is 3.78. The quantitative estimate of drug-likeness (QED) is 0.639. The van der Waals surface area contributed by atoms with Crippen LogP contribution in [0.3, 0.4) is 0 Å². The Kier molecular flexibility index (Phi) is 3.53. The molecule has 1 aliphatic carbocycles. The van der Waals surface area contributed by atoms with E-state index < -0.39 is 8.07 Å². The van der Waals surface area contributed by atoms with Crippen LogP contribution in [0.1, 0.15) is 32.1 Å². The summed E-state index contributed by atoms with van der Waals surface area (Å²) >= 11 is 0. The maximum atomic E-state index is 11.6. The predicted octanol–water partition coefficient (Wildman–Crippen LogP) is 3.38. The SMILES string of the molecule is C[Si](C)(C)C(=O)OC1CCCCC1. The third kappa shape index (κ3) is 3.51. The van der Waals surface area contributed by atoms with Gasteiger partial charge in [0, 0.05) is 0 Å². The van der Waals surface area contributed by atoms with E-state index in [-0.39, 0.29) is 11.7 Å². The van der Waals surface area contributed by atoms with Gasteiger partial charge in [-0.3, -0.25) is 4.79 Å². The zero-order valence-corrected chi connectivity index (χ0v) is 9.93. The van der Waals surface area contributed by atoms with Crippen molar-refractivity contribution in [3.63, 3.8) is 0 Å². The first-order chi connectivity index (χ1) is 6.00. The standard InChI is InChI=1S/C10H20O2Si/c1-13(2,3)10(11)12-9-7-5-4-6-8-9/h9H,4-8H2,1-3H3. The molecule has 0 N–H and O–H groups in total. The van der Waals surface area contributed by atoms with Crippen molar-refractivity contribution in [1.29, 1.82) is 0 Å². The second-order valence-electron chi connectivity index (χ2n) is 4.92. The molecule has 0 amide bonds.